The molecule has 0 saturated carbocycles. The summed E-state index contributed by atoms with van der Waals surface area (Å²) in [4.78, 5) is 15.1. The van der Waals surface area contributed by atoms with Crippen molar-refractivity contribution in [3.05, 3.63) is 15.8 Å². The molecule has 7 heteroatoms. The van der Waals surface area contributed by atoms with Crippen LogP contribution in [0, 0.1) is 6.92 Å². The van der Waals surface area contributed by atoms with Crippen LogP contribution in [0.5, 0.6) is 0 Å². The summed E-state index contributed by atoms with van der Waals surface area (Å²) in [5, 5.41) is 0. The number of amides is 1. The number of rotatable bonds is 2. The minimum Gasteiger partial charge on any atom is -0.335 e. The standard InChI is InChI=1S/C11H14ClNO3S2/c1-7-4-3-5-13(7)11(14)9-6-10(8(2)17-9)18(12,15)16/h6-7H,3-5H2,1-2H3. The first-order chi connectivity index (χ1) is 8.30. The Kier molecular flexibility index (Phi) is 3.71. The van der Waals surface area contributed by atoms with Crippen molar-refractivity contribution >= 4 is 37.0 Å². The topological polar surface area (TPSA) is 54.5 Å². The monoisotopic (exact) mass is 307 g/mol. The highest BCUT2D eigenvalue weighted by atomic mass is 35.7. The van der Waals surface area contributed by atoms with Crippen LogP contribution in [-0.4, -0.2) is 31.8 Å². The molecule has 1 aromatic heterocycles. The van der Waals surface area contributed by atoms with Gasteiger partial charge in [0.25, 0.3) is 15.0 Å². The van der Waals surface area contributed by atoms with E-state index in [9.17, 15) is 13.2 Å². The second-order valence-electron chi connectivity index (χ2n) is 4.46. The highest BCUT2D eigenvalue weighted by molar-refractivity contribution is 8.13. The molecule has 1 aromatic rings. The number of carbonyl (C=O) groups excluding carboxylic acids is 1. The first-order valence-electron chi connectivity index (χ1n) is 5.67. The van der Waals surface area contributed by atoms with Gasteiger partial charge in [0.15, 0.2) is 0 Å². The summed E-state index contributed by atoms with van der Waals surface area (Å²) in [6, 6.07) is 1.60. The van der Waals surface area contributed by atoms with Crippen LogP contribution in [0.25, 0.3) is 0 Å². The molecule has 1 aliphatic heterocycles. The van der Waals surface area contributed by atoms with Gasteiger partial charge in [-0.3, -0.25) is 4.79 Å². The Morgan fingerprint density at radius 1 is 1.56 bits per heavy atom. The zero-order valence-corrected chi connectivity index (χ0v) is 12.5. The zero-order valence-electron chi connectivity index (χ0n) is 10.1. The first kappa shape index (κ1) is 13.8. The Bertz CT molecular complexity index is 579. The van der Waals surface area contributed by atoms with Crippen molar-refractivity contribution in [1.29, 1.82) is 0 Å². The Morgan fingerprint density at radius 3 is 2.67 bits per heavy atom. The molecular weight excluding hydrogens is 294 g/mol. The molecule has 1 unspecified atom stereocenters. The molecule has 18 heavy (non-hydrogen) atoms. The molecule has 2 heterocycles. The SMILES string of the molecule is Cc1sc(C(=O)N2CCCC2C)cc1S(=O)(=O)Cl. The van der Waals surface area contributed by atoms with Crippen LogP contribution in [0.3, 0.4) is 0 Å². The van der Waals surface area contributed by atoms with E-state index in [0.29, 0.717) is 9.75 Å². The molecule has 1 amide bonds. The van der Waals surface area contributed by atoms with Gasteiger partial charge < -0.3 is 4.90 Å². The molecule has 2 rings (SSSR count). The lowest BCUT2D eigenvalue weighted by Crippen LogP contribution is -2.33. The summed E-state index contributed by atoms with van der Waals surface area (Å²) in [5.74, 6) is -0.0975. The molecule has 1 fully saturated rings. The van der Waals surface area contributed by atoms with Crippen molar-refractivity contribution < 1.29 is 13.2 Å². The van der Waals surface area contributed by atoms with Crippen molar-refractivity contribution in [2.75, 3.05) is 6.54 Å². The van der Waals surface area contributed by atoms with Gasteiger partial charge in [-0.15, -0.1) is 11.3 Å². The Balaban J connectivity index is 2.33. The molecule has 0 radical (unpaired) electrons. The second kappa shape index (κ2) is 4.83. The molecule has 0 aliphatic carbocycles. The van der Waals surface area contributed by atoms with Crippen molar-refractivity contribution in [2.45, 2.75) is 37.6 Å². The number of aryl methyl sites for hydroxylation is 1. The van der Waals surface area contributed by atoms with Gasteiger partial charge in [0, 0.05) is 28.1 Å². The summed E-state index contributed by atoms with van der Waals surface area (Å²) in [5.41, 5.74) is 0. The summed E-state index contributed by atoms with van der Waals surface area (Å²) < 4.78 is 22.6. The van der Waals surface area contributed by atoms with Crippen LogP contribution in [0.4, 0.5) is 0 Å². The van der Waals surface area contributed by atoms with E-state index in [4.69, 9.17) is 10.7 Å². The maximum Gasteiger partial charge on any atom is 0.264 e. The lowest BCUT2D eigenvalue weighted by Gasteiger charge is -2.20. The number of hydrogen-bond donors (Lipinski definition) is 0. The van der Waals surface area contributed by atoms with Crippen LogP contribution >= 0.6 is 22.0 Å². The highest BCUT2D eigenvalue weighted by Gasteiger charge is 2.28. The van der Waals surface area contributed by atoms with E-state index in [0.717, 1.165) is 19.4 Å². The van der Waals surface area contributed by atoms with Crippen molar-refractivity contribution in [2.24, 2.45) is 0 Å². The fourth-order valence-corrected chi connectivity index (χ4v) is 4.81. The highest BCUT2D eigenvalue weighted by Crippen LogP contribution is 2.30. The number of carbonyl (C=O) groups is 1. The predicted octanol–water partition coefficient (Wildman–Crippen LogP) is 2.61. The normalized spacial score (nSPS) is 20.4. The van der Waals surface area contributed by atoms with E-state index in [1.54, 1.807) is 11.8 Å². The minimum absolute atomic E-state index is 0.0457. The number of hydrogen-bond acceptors (Lipinski definition) is 4. The van der Waals surface area contributed by atoms with Gasteiger partial charge in [-0.25, -0.2) is 8.42 Å². The zero-order chi connectivity index (χ0) is 13.5. The average molecular weight is 308 g/mol. The molecule has 0 spiro atoms. The quantitative estimate of drug-likeness (QED) is 0.789. The summed E-state index contributed by atoms with van der Waals surface area (Å²) >= 11 is 1.18. The first-order valence-corrected chi connectivity index (χ1v) is 8.79. The molecule has 0 N–H and O–H groups in total. The van der Waals surface area contributed by atoms with E-state index in [-0.39, 0.29) is 16.8 Å². The fraction of sp³-hybridized carbons (Fsp3) is 0.545. The molecule has 0 aromatic carbocycles. The third kappa shape index (κ3) is 2.55. The van der Waals surface area contributed by atoms with Gasteiger partial charge in [-0.05, 0) is 32.8 Å². The average Bonchev–Trinajstić information content (AvgIpc) is 2.82. The van der Waals surface area contributed by atoms with E-state index in [1.807, 2.05) is 6.92 Å². The molecule has 1 aliphatic rings. The van der Waals surface area contributed by atoms with E-state index in [2.05, 4.69) is 0 Å². The van der Waals surface area contributed by atoms with Gasteiger partial charge in [0.05, 0.1) is 9.77 Å². The smallest absolute Gasteiger partial charge is 0.264 e. The van der Waals surface area contributed by atoms with E-state index in [1.165, 1.54) is 17.4 Å². The lowest BCUT2D eigenvalue weighted by atomic mass is 10.2. The predicted molar refractivity (Wildman–Crippen MR) is 71.8 cm³/mol. The number of nitrogens with zero attached hydrogens (tertiary/aromatic N) is 1. The summed E-state index contributed by atoms with van der Waals surface area (Å²) in [7, 11) is 1.55. The number of likely N-dealkylation sites (tertiary alicyclic amines) is 1. The Hall–Kier alpha value is -0.590. The third-order valence-corrected chi connectivity index (χ3v) is 5.78. The van der Waals surface area contributed by atoms with Gasteiger partial charge in [0.1, 0.15) is 0 Å². The van der Waals surface area contributed by atoms with Gasteiger partial charge in [-0.2, -0.15) is 0 Å². The Morgan fingerprint density at radius 2 is 2.22 bits per heavy atom. The fourth-order valence-electron chi connectivity index (χ4n) is 2.19. The second-order valence-corrected chi connectivity index (χ2v) is 8.25. The van der Waals surface area contributed by atoms with Crippen LogP contribution in [0.15, 0.2) is 11.0 Å². The number of thiophene rings is 1. The Labute approximate surface area is 115 Å². The lowest BCUT2D eigenvalue weighted by molar-refractivity contribution is 0.0752. The van der Waals surface area contributed by atoms with Crippen molar-refractivity contribution in [3.8, 4) is 0 Å². The molecular formula is C11H14ClNO3S2. The van der Waals surface area contributed by atoms with E-state index < -0.39 is 9.05 Å². The summed E-state index contributed by atoms with van der Waals surface area (Å²) in [6.45, 7) is 4.40. The minimum atomic E-state index is -3.77. The molecule has 4 nitrogen and oxygen atoms in total. The molecule has 1 atom stereocenters. The van der Waals surface area contributed by atoms with Gasteiger partial charge in [0.2, 0.25) is 0 Å². The summed E-state index contributed by atoms with van der Waals surface area (Å²) in [6.07, 6.45) is 1.99. The molecule has 0 bridgehead atoms. The van der Waals surface area contributed by atoms with E-state index >= 15 is 0 Å². The third-order valence-electron chi connectivity index (χ3n) is 3.16. The van der Waals surface area contributed by atoms with Crippen molar-refractivity contribution in [1.82, 2.24) is 4.90 Å². The van der Waals surface area contributed by atoms with Crippen LogP contribution in [0.2, 0.25) is 0 Å². The van der Waals surface area contributed by atoms with Crippen LogP contribution in [0.1, 0.15) is 34.3 Å². The van der Waals surface area contributed by atoms with Crippen LogP contribution < -0.4 is 0 Å². The molecule has 1 saturated heterocycles. The largest absolute Gasteiger partial charge is 0.335 e. The van der Waals surface area contributed by atoms with Gasteiger partial charge >= 0.3 is 0 Å². The maximum atomic E-state index is 12.2. The number of halogens is 1. The van der Waals surface area contributed by atoms with Crippen LogP contribution in [-0.2, 0) is 9.05 Å². The van der Waals surface area contributed by atoms with Crippen molar-refractivity contribution in [3.63, 3.8) is 0 Å². The van der Waals surface area contributed by atoms with Gasteiger partial charge in [-0.1, -0.05) is 0 Å². The molecule has 100 valence electrons. The maximum absolute atomic E-state index is 12.2.